The Balaban J connectivity index is 1.78. The van der Waals surface area contributed by atoms with Crippen LogP contribution in [0.5, 0.6) is 5.75 Å². The van der Waals surface area contributed by atoms with Gasteiger partial charge in [-0.15, -0.1) is 0 Å². The molecule has 0 bridgehead atoms. The van der Waals surface area contributed by atoms with E-state index in [0.29, 0.717) is 18.3 Å². The Labute approximate surface area is 201 Å². The van der Waals surface area contributed by atoms with E-state index in [1.165, 1.54) is 37.1 Å². The predicted octanol–water partition coefficient (Wildman–Crippen LogP) is 3.83. The Morgan fingerprint density at radius 1 is 1.24 bits per heavy atom. The van der Waals surface area contributed by atoms with E-state index in [9.17, 15) is 19.7 Å². The Morgan fingerprint density at radius 3 is 2.68 bits per heavy atom. The SMILES string of the molecule is COCCN1C(=O)C(CC(=O)Nc2ccc([N+](=O)[O-])cc2OC)SC1=Nc1cc(C)ccc1C. The Kier molecular flexibility index (Phi) is 8.24. The van der Waals surface area contributed by atoms with Crippen molar-refractivity contribution in [2.24, 2.45) is 4.99 Å². The summed E-state index contributed by atoms with van der Waals surface area (Å²) in [6.07, 6.45) is -0.0983. The molecule has 34 heavy (non-hydrogen) atoms. The number of ether oxygens (including phenoxy) is 2. The van der Waals surface area contributed by atoms with E-state index in [1.54, 1.807) is 12.0 Å². The summed E-state index contributed by atoms with van der Waals surface area (Å²) in [6.45, 7) is 4.57. The Hall–Kier alpha value is -3.44. The second kappa shape index (κ2) is 11.1. The molecular formula is C23H26N4O6S. The standard InChI is InChI=1S/C23H26N4O6S/c1-14-5-6-15(2)18(11-14)25-23-26(9-10-32-3)22(29)20(34-23)13-21(28)24-17-8-7-16(27(30)31)12-19(17)33-4/h5-8,11-12,20H,9-10,13H2,1-4H3,(H,24,28). The van der Waals surface area contributed by atoms with Crippen LogP contribution in [0.3, 0.4) is 0 Å². The molecule has 1 fully saturated rings. The lowest BCUT2D eigenvalue weighted by molar-refractivity contribution is -0.384. The molecule has 1 saturated heterocycles. The first-order valence-electron chi connectivity index (χ1n) is 10.5. The fourth-order valence-corrected chi connectivity index (χ4v) is 4.50. The summed E-state index contributed by atoms with van der Waals surface area (Å²) in [5.74, 6) is -0.485. The maximum absolute atomic E-state index is 13.1. The van der Waals surface area contributed by atoms with Gasteiger partial charge in [-0.25, -0.2) is 4.99 Å². The zero-order valence-electron chi connectivity index (χ0n) is 19.4. The number of amidine groups is 1. The van der Waals surface area contributed by atoms with Crippen LogP contribution >= 0.6 is 11.8 Å². The molecule has 2 amide bonds. The molecule has 3 rings (SSSR count). The lowest BCUT2D eigenvalue weighted by Crippen LogP contribution is -2.35. The van der Waals surface area contributed by atoms with Gasteiger partial charge < -0.3 is 14.8 Å². The van der Waals surface area contributed by atoms with Gasteiger partial charge in [0.25, 0.3) is 5.69 Å². The number of nitro groups is 1. The van der Waals surface area contributed by atoms with Gasteiger partial charge in [0.2, 0.25) is 11.8 Å². The van der Waals surface area contributed by atoms with Gasteiger partial charge in [0.1, 0.15) is 11.0 Å². The van der Waals surface area contributed by atoms with Crippen molar-refractivity contribution in [1.29, 1.82) is 0 Å². The van der Waals surface area contributed by atoms with Gasteiger partial charge in [0.05, 0.1) is 42.6 Å². The predicted molar refractivity (Wildman–Crippen MR) is 131 cm³/mol. The highest BCUT2D eigenvalue weighted by Gasteiger charge is 2.39. The van der Waals surface area contributed by atoms with Crippen molar-refractivity contribution in [3.05, 3.63) is 57.6 Å². The number of hydrogen-bond acceptors (Lipinski definition) is 8. The number of carbonyl (C=O) groups is 2. The Bertz CT molecular complexity index is 1140. The molecule has 11 heteroatoms. The number of amides is 2. The Morgan fingerprint density at radius 2 is 2.00 bits per heavy atom. The number of hydrogen-bond donors (Lipinski definition) is 1. The summed E-state index contributed by atoms with van der Waals surface area (Å²) < 4.78 is 10.3. The molecule has 1 unspecified atom stereocenters. The number of methoxy groups -OCH3 is 2. The van der Waals surface area contributed by atoms with E-state index in [0.717, 1.165) is 16.8 Å². The van der Waals surface area contributed by atoms with E-state index >= 15 is 0 Å². The molecule has 1 aliphatic rings. The third-order valence-electron chi connectivity index (χ3n) is 5.16. The normalized spacial score (nSPS) is 16.7. The lowest BCUT2D eigenvalue weighted by atomic mass is 10.1. The number of aryl methyl sites for hydroxylation is 2. The van der Waals surface area contributed by atoms with Crippen LogP contribution in [0.15, 0.2) is 41.4 Å². The molecule has 180 valence electrons. The number of anilines is 1. The number of aliphatic imine (C=N–C) groups is 1. The first-order chi connectivity index (χ1) is 16.2. The molecule has 2 aromatic rings. The monoisotopic (exact) mass is 486 g/mol. The molecule has 0 spiro atoms. The topological polar surface area (TPSA) is 123 Å². The zero-order chi connectivity index (χ0) is 24.8. The van der Waals surface area contributed by atoms with Crippen molar-refractivity contribution < 1.29 is 24.0 Å². The van der Waals surface area contributed by atoms with Gasteiger partial charge in [-0.05, 0) is 37.1 Å². The van der Waals surface area contributed by atoms with Crippen molar-refractivity contribution in [2.75, 3.05) is 32.7 Å². The maximum atomic E-state index is 13.1. The van der Waals surface area contributed by atoms with Crippen LogP contribution < -0.4 is 10.1 Å². The van der Waals surface area contributed by atoms with Crippen LogP contribution in [0, 0.1) is 24.0 Å². The molecule has 1 heterocycles. The lowest BCUT2D eigenvalue weighted by Gasteiger charge is -2.16. The molecule has 0 aliphatic carbocycles. The largest absolute Gasteiger partial charge is 0.494 e. The first kappa shape index (κ1) is 25.2. The van der Waals surface area contributed by atoms with Gasteiger partial charge in [-0.3, -0.25) is 24.6 Å². The summed E-state index contributed by atoms with van der Waals surface area (Å²) in [6, 6.07) is 9.81. The van der Waals surface area contributed by atoms with Crippen LogP contribution in [0.4, 0.5) is 17.1 Å². The van der Waals surface area contributed by atoms with Crippen molar-refractivity contribution in [3.63, 3.8) is 0 Å². The molecule has 0 saturated carbocycles. The minimum atomic E-state index is -0.662. The first-order valence-corrected chi connectivity index (χ1v) is 11.4. The number of non-ortho nitro benzene ring substituents is 1. The number of nitrogens with one attached hydrogen (secondary N) is 1. The fraction of sp³-hybridized carbons (Fsp3) is 0.348. The van der Waals surface area contributed by atoms with Crippen LogP contribution in [0.25, 0.3) is 0 Å². The fourth-order valence-electron chi connectivity index (χ4n) is 3.32. The highest BCUT2D eigenvalue weighted by molar-refractivity contribution is 8.15. The average molecular weight is 487 g/mol. The van der Waals surface area contributed by atoms with Crippen molar-refractivity contribution in [3.8, 4) is 5.75 Å². The van der Waals surface area contributed by atoms with E-state index in [4.69, 9.17) is 14.5 Å². The third-order valence-corrected chi connectivity index (χ3v) is 6.34. The quantitative estimate of drug-likeness (QED) is 0.422. The van der Waals surface area contributed by atoms with Crippen LogP contribution in [-0.4, -0.2) is 59.4 Å². The summed E-state index contributed by atoms with van der Waals surface area (Å²) in [4.78, 5) is 42.5. The second-order valence-corrected chi connectivity index (χ2v) is 8.84. The minimum absolute atomic E-state index is 0.0983. The zero-order valence-corrected chi connectivity index (χ0v) is 20.2. The number of nitro benzene ring substituents is 1. The molecule has 2 aromatic carbocycles. The van der Waals surface area contributed by atoms with Crippen LogP contribution in [0.2, 0.25) is 0 Å². The van der Waals surface area contributed by atoms with Crippen molar-refractivity contribution in [1.82, 2.24) is 4.90 Å². The maximum Gasteiger partial charge on any atom is 0.273 e. The number of nitrogens with zero attached hydrogens (tertiary/aromatic N) is 3. The van der Waals surface area contributed by atoms with Gasteiger partial charge in [-0.2, -0.15) is 0 Å². The molecule has 10 nitrogen and oxygen atoms in total. The van der Waals surface area contributed by atoms with Gasteiger partial charge in [0, 0.05) is 19.6 Å². The van der Waals surface area contributed by atoms with Gasteiger partial charge >= 0.3 is 0 Å². The number of rotatable bonds is 9. The molecule has 1 atom stereocenters. The molecule has 0 radical (unpaired) electrons. The van der Waals surface area contributed by atoms with E-state index in [1.807, 2.05) is 32.0 Å². The smallest absolute Gasteiger partial charge is 0.273 e. The molecule has 0 aromatic heterocycles. The summed E-state index contributed by atoms with van der Waals surface area (Å²) in [5, 5.41) is 13.5. The molecule has 1 aliphatic heterocycles. The van der Waals surface area contributed by atoms with E-state index < -0.39 is 16.1 Å². The summed E-state index contributed by atoms with van der Waals surface area (Å²) >= 11 is 1.23. The summed E-state index contributed by atoms with van der Waals surface area (Å²) in [7, 11) is 2.91. The minimum Gasteiger partial charge on any atom is -0.494 e. The van der Waals surface area contributed by atoms with Gasteiger partial charge in [-0.1, -0.05) is 23.9 Å². The summed E-state index contributed by atoms with van der Waals surface area (Å²) in [5.41, 5.74) is 2.92. The highest BCUT2D eigenvalue weighted by Crippen LogP contribution is 2.34. The molecular weight excluding hydrogens is 460 g/mol. The van der Waals surface area contributed by atoms with E-state index in [2.05, 4.69) is 5.32 Å². The number of thioether (sulfide) groups is 1. The highest BCUT2D eigenvalue weighted by atomic mass is 32.2. The molecule has 1 N–H and O–H groups in total. The van der Waals surface area contributed by atoms with Crippen molar-refractivity contribution >= 4 is 45.8 Å². The average Bonchev–Trinajstić information content (AvgIpc) is 3.08. The number of carbonyl (C=O) groups excluding carboxylic acids is 2. The third kappa shape index (κ3) is 5.91. The second-order valence-electron chi connectivity index (χ2n) is 7.67. The van der Waals surface area contributed by atoms with Gasteiger partial charge in [0.15, 0.2) is 5.17 Å². The number of benzene rings is 2. The van der Waals surface area contributed by atoms with Crippen LogP contribution in [0.1, 0.15) is 17.5 Å². The van der Waals surface area contributed by atoms with Crippen LogP contribution in [-0.2, 0) is 14.3 Å². The van der Waals surface area contributed by atoms with E-state index in [-0.39, 0.29) is 29.5 Å². The van der Waals surface area contributed by atoms with Crippen molar-refractivity contribution in [2.45, 2.75) is 25.5 Å².